The molecule has 2 heterocycles. The summed E-state index contributed by atoms with van der Waals surface area (Å²) in [5, 5.41) is 0.669. The molecule has 4 rings (SSSR count). The van der Waals surface area contributed by atoms with Crippen molar-refractivity contribution in [1.29, 1.82) is 0 Å². The fourth-order valence-corrected chi connectivity index (χ4v) is 4.71. The van der Waals surface area contributed by atoms with Gasteiger partial charge in [0.25, 0.3) is 0 Å². The molecule has 0 saturated carbocycles. The molecule has 2 fully saturated rings. The monoisotopic (exact) mass is 383 g/mol. The van der Waals surface area contributed by atoms with Crippen LogP contribution in [0.15, 0.2) is 47.5 Å². The molecule has 0 spiro atoms. The SMILES string of the molecule is O=C(CN1C(=O)[C@H]2CC=CC[C@H]2C1=O)N1CCSC1=NCc1ccccc1. The van der Waals surface area contributed by atoms with Crippen LogP contribution in [0, 0.1) is 11.8 Å². The van der Waals surface area contributed by atoms with Crippen LogP contribution in [0.1, 0.15) is 18.4 Å². The zero-order valence-corrected chi connectivity index (χ0v) is 15.7. The summed E-state index contributed by atoms with van der Waals surface area (Å²) in [6.07, 6.45) is 5.07. The van der Waals surface area contributed by atoms with E-state index in [1.807, 2.05) is 42.5 Å². The highest BCUT2D eigenvalue weighted by atomic mass is 32.2. The third-order valence-corrected chi connectivity index (χ3v) is 6.20. The number of allylic oxidation sites excluding steroid dienone is 2. The van der Waals surface area contributed by atoms with Gasteiger partial charge in [-0.2, -0.15) is 0 Å². The van der Waals surface area contributed by atoms with E-state index in [0.717, 1.165) is 16.2 Å². The normalized spacial score (nSPS) is 26.1. The smallest absolute Gasteiger partial charge is 0.248 e. The summed E-state index contributed by atoms with van der Waals surface area (Å²) in [7, 11) is 0. The maximum absolute atomic E-state index is 12.8. The lowest BCUT2D eigenvalue weighted by Gasteiger charge is -2.20. The first-order valence-electron chi connectivity index (χ1n) is 9.17. The fourth-order valence-electron chi connectivity index (χ4n) is 3.75. The molecule has 0 radical (unpaired) electrons. The Hall–Kier alpha value is -2.41. The second-order valence-corrected chi connectivity index (χ2v) is 7.96. The van der Waals surface area contributed by atoms with E-state index >= 15 is 0 Å². The van der Waals surface area contributed by atoms with Gasteiger partial charge in [0.05, 0.1) is 18.4 Å². The lowest BCUT2D eigenvalue weighted by molar-refractivity contribution is -0.145. The number of benzene rings is 1. The molecule has 27 heavy (non-hydrogen) atoms. The molecule has 3 aliphatic rings. The van der Waals surface area contributed by atoms with Gasteiger partial charge in [-0.1, -0.05) is 54.2 Å². The first-order chi connectivity index (χ1) is 13.1. The lowest BCUT2D eigenvalue weighted by Crippen LogP contribution is -2.43. The lowest BCUT2D eigenvalue weighted by atomic mass is 9.85. The first kappa shape index (κ1) is 18.0. The van der Waals surface area contributed by atoms with Crippen molar-refractivity contribution in [1.82, 2.24) is 9.80 Å². The molecular formula is C20H21N3O3S. The van der Waals surface area contributed by atoms with Crippen LogP contribution >= 0.6 is 11.8 Å². The second-order valence-electron chi connectivity index (χ2n) is 6.90. The molecule has 140 valence electrons. The number of likely N-dealkylation sites (tertiary alicyclic amines) is 1. The molecule has 3 amide bonds. The molecule has 2 aliphatic heterocycles. The summed E-state index contributed by atoms with van der Waals surface area (Å²) >= 11 is 1.53. The van der Waals surface area contributed by atoms with E-state index in [0.29, 0.717) is 31.1 Å². The Morgan fingerprint density at radius 2 is 1.74 bits per heavy atom. The van der Waals surface area contributed by atoms with Gasteiger partial charge in [-0.15, -0.1) is 0 Å². The molecule has 0 aromatic heterocycles. The van der Waals surface area contributed by atoms with E-state index < -0.39 is 0 Å². The van der Waals surface area contributed by atoms with Gasteiger partial charge in [0, 0.05) is 12.3 Å². The average molecular weight is 383 g/mol. The van der Waals surface area contributed by atoms with Crippen molar-refractivity contribution in [2.24, 2.45) is 16.8 Å². The van der Waals surface area contributed by atoms with E-state index in [-0.39, 0.29) is 36.1 Å². The number of imide groups is 1. The minimum absolute atomic E-state index is 0.185. The Morgan fingerprint density at radius 3 is 2.41 bits per heavy atom. The third kappa shape index (κ3) is 3.56. The number of fused-ring (bicyclic) bond motifs is 1. The number of carbonyl (C=O) groups excluding carboxylic acids is 3. The van der Waals surface area contributed by atoms with Crippen molar-refractivity contribution in [3.05, 3.63) is 48.0 Å². The Balaban J connectivity index is 1.43. The van der Waals surface area contributed by atoms with Crippen LogP contribution in [0.3, 0.4) is 0 Å². The number of aliphatic imine (C=N–C) groups is 1. The minimum Gasteiger partial charge on any atom is -0.289 e. The number of thioether (sulfide) groups is 1. The summed E-state index contributed by atoms with van der Waals surface area (Å²) in [6, 6.07) is 9.85. The van der Waals surface area contributed by atoms with Crippen molar-refractivity contribution in [2.45, 2.75) is 19.4 Å². The maximum Gasteiger partial charge on any atom is 0.248 e. The summed E-state index contributed by atoms with van der Waals surface area (Å²) in [5.41, 5.74) is 1.08. The summed E-state index contributed by atoms with van der Waals surface area (Å²) in [5.74, 6) is -0.477. The maximum atomic E-state index is 12.8. The van der Waals surface area contributed by atoms with Gasteiger partial charge in [-0.25, -0.2) is 0 Å². The van der Waals surface area contributed by atoms with Gasteiger partial charge in [-0.3, -0.25) is 29.2 Å². The average Bonchev–Trinajstić information content (AvgIpc) is 3.27. The van der Waals surface area contributed by atoms with Gasteiger partial charge in [0.1, 0.15) is 6.54 Å². The zero-order valence-electron chi connectivity index (χ0n) is 14.9. The molecule has 1 aliphatic carbocycles. The Morgan fingerprint density at radius 1 is 1.07 bits per heavy atom. The molecule has 7 heteroatoms. The van der Waals surface area contributed by atoms with Crippen LogP contribution in [0.2, 0.25) is 0 Å². The highest BCUT2D eigenvalue weighted by Gasteiger charge is 2.48. The van der Waals surface area contributed by atoms with E-state index in [2.05, 4.69) is 4.99 Å². The van der Waals surface area contributed by atoms with Crippen LogP contribution < -0.4 is 0 Å². The molecule has 2 saturated heterocycles. The largest absolute Gasteiger partial charge is 0.289 e. The van der Waals surface area contributed by atoms with Gasteiger partial charge < -0.3 is 0 Å². The number of hydrogen-bond acceptors (Lipinski definition) is 5. The zero-order chi connectivity index (χ0) is 18.8. The van der Waals surface area contributed by atoms with Gasteiger partial charge in [0.15, 0.2) is 5.17 Å². The molecule has 0 N–H and O–H groups in total. The topological polar surface area (TPSA) is 70.1 Å². The van der Waals surface area contributed by atoms with Crippen molar-refractivity contribution >= 4 is 34.7 Å². The fraction of sp³-hybridized carbons (Fsp3) is 0.400. The van der Waals surface area contributed by atoms with Crippen LogP contribution in [0.5, 0.6) is 0 Å². The standard InChI is InChI=1S/C20H21N3O3S/c24-17(13-23-18(25)15-8-4-5-9-16(15)19(23)26)22-10-11-27-20(22)21-12-14-6-2-1-3-7-14/h1-7,15-16H,8-13H2/t15-,16+. The minimum atomic E-state index is -0.297. The Bertz CT molecular complexity index is 795. The van der Waals surface area contributed by atoms with E-state index in [4.69, 9.17) is 0 Å². The quantitative estimate of drug-likeness (QED) is 0.590. The highest BCUT2D eigenvalue weighted by Crippen LogP contribution is 2.35. The van der Waals surface area contributed by atoms with Crippen LogP contribution in [0.25, 0.3) is 0 Å². The molecular weight excluding hydrogens is 362 g/mol. The second kappa shape index (κ2) is 7.68. The van der Waals surface area contributed by atoms with Crippen molar-refractivity contribution in [2.75, 3.05) is 18.8 Å². The van der Waals surface area contributed by atoms with Gasteiger partial charge in [0.2, 0.25) is 17.7 Å². The summed E-state index contributed by atoms with van der Waals surface area (Å²) in [6.45, 7) is 0.877. The predicted octanol–water partition coefficient (Wildman–Crippen LogP) is 2.07. The van der Waals surface area contributed by atoms with Crippen LogP contribution in [-0.2, 0) is 20.9 Å². The molecule has 2 atom stereocenters. The molecule has 6 nitrogen and oxygen atoms in total. The van der Waals surface area contributed by atoms with Crippen molar-refractivity contribution < 1.29 is 14.4 Å². The van der Waals surface area contributed by atoms with E-state index in [9.17, 15) is 14.4 Å². The van der Waals surface area contributed by atoms with Gasteiger partial charge in [-0.05, 0) is 18.4 Å². The third-order valence-electron chi connectivity index (χ3n) is 5.21. The predicted molar refractivity (Wildman–Crippen MR) is 104 cm³/mol. The van der Waals surface area contributed by atoms with E-state index in [1.165, 1.54) is 11.8 Å². The first-order valence-corrected chi connectivity index (χ1v) is 10.2. The number of carbonyl (C=O) groups is 3. The van der Waals surface area contributed by atoms with Crippen molar-refractivity contribution in [3.8, 4) is 0 Å². The molecule has 0 unspecified atom stereocenters. The number of amides is 3. The Kier molecular flexibility index (Phi) is 5.11. The molecule has 1 aromatic rings. The van der Waals surface area contributed by atoms with Crippen LogP contribution in [-0.4, -0.2) is 51.5 Å². The molecule has 0 bridgehead atoms. The van der Waals surface area contributed by atoms with Crippen molar-refractivity contribution in [3.63, 3.8) is 0 Å². The number of amidine groups is 1. The highest BCUT2D eigenvalue weighted by molar-refractivity contribution is 8.14. The van der Waals surface area contributed by atoms with E-state index in [1.54, 1.807) is 4.90 Å². The Labute approximate surface area is 162 Å². The molecule has 1 aromatic carbocycles. The summed E-state index contributed by atoms with van der Waals surface area (Å²) < 4.78 is 0. The number of nitrogens with zero attached hydrogens (tertiary/aromatic N) is 3. The number of rotatable bonds is 4. The summed E-state index contributed by atoms with van der Waals surface area (Å²) in [4.78, 5) is 45.2. The van der Waals surface area contributed by atoms with Gasteiger partial charge >= 0.3 is 0 Å². The van der Waals surface area contributed by atoms with Crippen LogP contribution in [0.4, 0.5) is 0 Å². The number of hydrogen-bond donors (Lipinski definition) is 0.